The van der Waals surface area contributed by atoms with E-state index in [0.29, 0.717) is 5.82 Å². The Bertz CT molecular complexity index is 746. The van der Waals surface area contributed by atoms with Crippen molar-refractivity contribution in [3.05, 3.63) is 33.2 Å². The number of nitrogens with two attached hydrogens (primary N) is 1. The zero-order valence-corrected chi connectivity index (χ0v) is 13.9. The Morgan fingerprint density at radius 3 is 2.95 bits per heavy atom. The maximum absolute atomic E-state index is 13.0. The van der Waals surface area contributed by atoms with Crippen LogP contribution in [0.15, 0.2) is 10.7 Å². The minimum Gasteiger partial charge on any atom is -0.383 e. The van der Waals surface area contributed by atoms with Gasteiger partial charge in [0.15, 0.2) is 0 Å². The predicted octanol–water partition coefficient (Wildman–Crippen LogP) is 3.20. The van der Waals surface area contributed by atoms with Gasteiger partial charge in [0.1, 0.15) is 5.82 Å². The molecule has 0 bridgehead atoms. The van der Waals surface area contributed by atoms with Gasteiger partial charge in [-0.2, -0.15) is 9.78 Å². The van der Waals surface area contributed by atoms with E-state index >= 15 is 0 Å². The number of hydrogen-bond donors (Lipinski definition) is 2. The second-order valence-electron chi connectivity index (χ2n) is 6.26. The fraction of sp³-hybridized carbons (Fsp3) is 0.500. The molecule has 2 aliphatic carbocycles. The van der Waals surface area contributed by atoms with Crippen LogP contribution in [0.1, 0.15) is 58.9 Å². The number of H-pyrrole nitrogens is 1. The van der Waals surface area contributed by atoms with E-state index in [9.17, 15) is 4.79 Å². The summed E-state index contributed by atoms with van der Waals surface area (Å²) < 4.78 is 2.40. The lowest BCUT2D eigenvalue weighted by Gasteiger charge is -2.21. The minimum atomic E-state index is -0.144. The Kier molecular flexibility index (Phi) is 3.36. The van der Waals surface area contributed by atoms with Crippen LogP contribution in [-0.4, -0.2) is 20.7 Å². The molecule has 3 N–H and O–H groups in total. The quantitative estimate of drug-likeness (QED) is 0.817. The molecule has 0 saturated carbocycles. The number of carbonyl (C=O) groups is 1. The largest absolute Gasteiger partial charge is 0.383 e. The minimum absolute atomic E-state index is 0.0133. The van der Waals surface area contributed by atoms with Gasteiger partial charge in [-0.3, -0.25) is 4.79 Å². The summed E-state index contributed by atoms with van der Waals surface area (Å²) in [5.41, 5.74) is 10.6. The van der Waals surface area contributed by atoms with E-state index in [1.807, 2.05) is 6.07 Å². The Hall–Kier alpha value is -1.56. The highest BCUT2D eigenvalue weighted by Gasteiger charge is 2.32. The number of nitrogens with zero attached hydrogens (tertiary/aromatic N) is 2. The molecule has 4 rings (SSSR count). The Labute approximate surface area is 137 Å². The SMILES string of the molecule is Nc1c2c(nn1C(=O)[C@@H]1CCCc3[nH]c(Br)cc31)CCCC2. The molecular formula is C16H19BrN4O. The van der Waals surface area contributed by atoms with Gasteiger partial charge < -0.3 is 10.7 Å². The Morgan fingerprint density at radius 1 is 1.32 bits per heavy atom. The van der Waals surface area contributed by atoms with E-state index in [0.717, 1.165) is 72.1 Å². The van der Waals surface area contributed by atoms with Gasteiger partial charge in [0.25, 0.3) is 5.91 Å². The number of carbonyl (C=O) groups excluding carboxylic acids is 1. The van der Waals surface area contributed by atoms with Crippen LogP contribution in [0.2, 0.25) is 0 Å². The second kappa shape index (κ2) is 5.26. The van der Waals surface area contributed by atoms with Crippen molar-refractivity contribution in [3.8, 4) is 0 Å². The second-order valence-corrected chi connectivity index (χ2v) is 7.12. The molecule has 0 spiro atoms. The summed E-state index contributed by atoms with van der Waals surface area (Å²) in [6, 6.07) is 2.02. The van der Waals surface area contributed by atoms with E-state index < -0.39 is 0 Å². The lowest BCUT2D eigenvalue weighted by Crippen LogP contribution is -2.25. The van der Waals surface area contributed by atoms with Crippen molar-refractivity contribution in [1.29, 1.82) is 0 Å². The number of nitrogen functional groups attached to an aromatic ring is 1. The zero-order chi connectivity index (χ0) is 15.3. The lowest BCUT2D eigenvalue weighted by atomic mass is 9.86. The number of aromatic nitrogens is 3. The van der Waals surface area contributed by atoms with Crippen molar-refractivity contribution in [2.75, 3.05) is 5.73 Å². The number of halogens is 1. The van der Waals surface area contributed by atoms with E-state index in [1.165, 1.54) is 4.68 Å². The Balaban J connectivity index is 1.72. The fourth-order valence-corrected chi connectivity index (χ4v) is 4.27. The molecule has 5 nitrogen and oxygen atoms in total. The molecular weight excluding hydrogens is 344 g/mol. The average molecular weight is 363 g/mol. The summed E-state index contributed by atoms with van der Waals surface area (Å²) in [6.07, 6.45) is 7.02. The third-order valence-electron chi connectivity index (χ3n) is 4.90. The summed E-state index contributed by atoms with van der Waals surface area (Å²) in [6.45, 7) is 0. The molecule has 2 aromatic rings. The molecule has 0 unspecified atom stereocenters. The van der Waals surface area contributed by atoms with E-state index in [-0.39, 0.29) is 11.8 Å². The molecule has 1 atom stereocenters. The molecule has 116 valence electrons. The summed E-state index contributed by atoms with van der Waals surface area (Å²) in [7, 11) is 0. The number of anilines is 1. The van der Waals surface area contributed by atoms with Crippen molar-refractivity contribution in [3.63, 3.8) is 0 Å². The van der Waals surface area contributed by atoms with Crippen LogP contribution >= 0.6 is 15.9 Å². The van der Waals surface area contributed by atoms with Crippen LogP contribution in [-0.2, 0) is 19.3 Å². The van der Waals surface area contributed by atoms with Gasteiger partial charge in [-0.15, -0.1) is 0 Å². The van der Waals surface area contributed by atoms with Crippen LogP contribution in [0, 0.1) is 0 Å². The van der Waals surface area contributed by atoms with Gasteiger partial charge >= 0.3 is 0 Å². The van der Waals surface area contributed by atoms with Crippen molar-refractivity contribution in [1.82, 2.24) is 14.8 Å². The van der Waals surface area contributed by atoms with Crippen LogP contribution < -0.4 is 5.73 Å². The summed E-state index contributed by atoms with van der Waals surface area (Å²) >= 11 is 3.47. The van der Waals surface area contributed by atoms with Gasteiger partial charge in [-0.05, 0) is 72.5 Å². The van der Waals surface area contributed by atoms with Gasteiger partial charge in [0.2, 0.25) is 0 Å². The first-order chi connectivity index (χ1) is 10.6. The molecule has 0 amide bonds. The molecule has 22 heavy (non-hydrogen) atoms. The molecule has 0 radical (unpaired) electrons. The molecule has 2 heterocycles. The highest BCUT2D eigenvalue weighted by molar-refractivity contribution is 9.10. The number of fused-ring (bicyclic) bond motifs is 2. The van der Waals surface area contributed by atoms with Crippen LogP contribution in [0.25, 0.3) is 0 Å². The van der Waals surface area contributed by atoms with Gasteiger partial charge in [-0.25, -0.2) is 0 Å². The van der Waals surface area contributed by atoms with Crippen LogP contribution in [0.5, 0.6) is 0 Å². The number of rotatable bonds is 1. The molecule has 6 heteroatoms. The first-order valence-corrected chi connectivity index (χ1v) is 8.72. The van der Waals surface area contributed by atoms with Gasteiger partial charge in [-0.1, -0.05) is 0 Å². The first-order valence-electron chi connectivity index (χ1n) is 7.93. The molecule has 0 aliphatic heterocycles. The monoisotopic (exact) mass is 362 g/mol. The maximum atomic E-state index is 13.0. The molecule has 2 aliphatic rings. The smallest absolute Gasteiger partial charge is 0.256 e. The fourth-order valence-electron chi connectivity index (χ4n) is 3.78. The summed E-state index contributed by atoms with van der Waals surface area (Å²) in [5.74, 6) is 0.427. The molecule has 2 aromatic heterocycles. The standard InChI is InChI=1S/C16H19BrN4O/c17-14-8-11-9(5-3-7-12(11)19-14)16(22)21-15(18)10-4-1-2-6-13(10)20-21/h8-9,19H,1-7,18H2/t9-/m1/s1. The van der Waals surface area contributed by atoms with Crippen molar-refractivity contribution in [2.45, 2.75) is 50.9 Å². The average Bonchev–Trinajstić information content (AvgIpc) is 3.06. The molecule has 0 saturated heterocycles. The lowest BCUT2D eigenvalue weighted by molar-refractivity contribution is 0.0854. The van der Waals surface area contributed by atoms with E-state index in [1.54, 1.807) is 0 Å². The predicted molar refractivity (Wildman–Crippen MR) is 88.1 cm³/mol. The van der Waals surface area contributed by atoms with Crippen molar-refractivity contribution >= 4 is 27.7 Å². The summed E-state index contributed by atoms with van der Waals surface area (Å²) in [4.78, 5) is 16.3. The third kappa shape index (κ3) is 2.12. The van der Waals surface area contributed by atoms with Gasteiger partial charge in [0.05, 0.1) is 16.2 Å². The van der Waals surface area contributed by atoms with E-state index in [4.69, 9.17) is 5.73 Å². The van der Waals surface area contributed by atoms with Crippen molar-refractivity contribution < 1.29 is 4.79 Å². The Morgan fingerprint density at radius 2 is 2.14 bits per heavy atom. The third-order valence-corrected chi connectivity index (χ3v) is 5.33. The normalized spacial score (nSPS) is 20.5. The molecule has 0 aromatic carbocycles. The zero-order valence-electron chi connectivity index (χ0n) is 12.4. The highest BCUT2D eigenvalue weighted by Crippen LogP contribution is 2.36. The van der Waals surface area contributed by atoms with Crippen molar-refractivity contribution in [2.24, 2.45) is 0 Å². The van der Waals surface area contributed by atoms with Crippen LogP contribution in [0.4, 0.5) is 5.82 Å². The number of nitrogens with one attached hydrogen (secondary N) is 1. The number of hydrogen-bond acceptors (Lipinski definition) is 3. The van der Waals surface area contributed by atoms with Crippen LogP contribution in [0.3, 0.4) is 0 Å². The topological polar surface area (TPSA) is 76.7 Å². The van der Waals surface area contributed by atoms with E-state index in [2.05, 4.69) is 26.0 Å². The van der Waals surface area contributed by atoms with Gasteiger partial charge in [0, 0.05) is 11.3 Å². The number of aryl methyl sites for hydroxylation is 2. The highest BCUT2D eigenvalue weighted by atomic mass is 79.9. The molecule has 0 fully saturated rings. The summed E-state index contributed by atoms with van der Waals surface area (Å²) in [5, 5.41) is 4.53. The number of aromatic amines is 1. The maximum Gasteiger partial charge on any atom is 0.256 e. The first kappa shape index (κ1) is 14.1.